The molecular formula is C12H17NO2S. The van der Waals surface area contributed by atoms with E-state index in [4.69, 9.17) is 10.5 Å². The Balaban J connectivity index is 2.10. The number of hydrogen-bond acceptors (Lipinski definition) is 3. The molecule has 0 fully saturated rings. The second-order valence-corrected chi connectivity index (χ2v) is 5.59. The van der Waals surface area contributed by atoms with Gasteiger partial charge in [-0.15, -0.1) is 0 Å². The SMILES string of the molecule is NCCS(=O)CC1CCOc2ccccc21. The van der Waals surface area contributed by atoms with E-state index in [0.29, 0.717) is 24.0 Å². The Morgan fingerprint density at radius 2 is 2.25 bits per heavy atom. The molecule has 2 unspecified atom stereocenters. The maximum Gasteiger partial charge on any atom is 0.122 e. The molecular weight excluding hydrogens is 222 g/mol. The van der Waals surface area contributed by atoms with Crippen LogP contribution in [0, 0.1) is 0 Å². The van der Waals surface area contributed by atoms with Crippen molar-refractivity contribution in [2.45, 2.75) is 12.3 Å². The molecule has 0 saturated heterocycles. The van der Waals surface area contributed by atoms with Gasteiger partial charge in [-0.2, -0.15) is 0 Å². The maximum atomic E-state index is 11.7. The summed E-state index contributed by atoms with van der Waals surface area (Å²) in [6.07, 6.45) is 0.952. The molecule has 1 aromatic carbocycles. The number of rotatable bonds is 4. The van der Waals surface area contributed by atoms with Crippen LogP contribution in [-0.2, 0) is 10.8 Å². The van der Waals surface area contributed by atoms with Gasteiger partial charge in [-0.05, 0) is 18.1 Å². The summed E-state index contributed by atoms with van der Waals surface area (Å²) in [5.41, 5.74) is 6.61. The minimum atomic E-state index is -0.805. The number of nitrogens with two attached hydrogens (primary N) is 1. The van der Waals surface area contributed by atoms with E-state index in [-0.39, 0.29) is 0 Å². The normalized spacial score (nSPS) is 20.9. The van der Waals surface area contributed by atoms with Gasteiger partial charge in [-0.25, -0.2) is 0 Å². The quantitative estimate of drug-likeness (QED) is 0.860. The highest BCUT2D eigenvalue weighted by Crippen LogP contribution is 2.33. The van der Waals surface area contributed by atoms with E-state index in [2.05, 4.69) is 6.07 Å². The first kappa shape index (κ1) is 11.6. The van der Waals surface area contributed by atoms with E-state index in [0.717, 1.165) is 18.8 Å². The van der Waals surface area contributed by atoms with Gasteiger partial charge < -0.3 is 10.5 Å². The molecule has 0 saturated carbocycles. The molecule has 2 rings (SSSR count). The highest BCUT2D eigenvalue weighted by atomic mass is 32.2. The van der Waals surface area contributed by atoms with Crippen molar-refractivity contribution in [1.82, 2.24) is 0 Å². The number of hydrogen-bond donors (Lipinski definition) is 1. The molecule has 1 heterocycles. The summed E-state index contributed by atoms with van der Waals surface area (Å²) < 4.78 is 17.3. The third kappa shape index (κ3) is 2.62. The van der Waals surface area contributed by atoms with E-state index in [1.54, 1.807) is 0 Å². The van der Waals surface area contributed by atoms with Gasteiger partial charge in [-0.1, -0.05) is 18.2 Å². The average Bonchev–Trinajstić information content (AvgIpc) is 2.30. The third-order valence-corrected chi connectivity index (χ3v) is 4.28. The van der Waals surface area contributed by atoms with Crippen LogP contribution >= 0.6 is 0 Å². The van der Waals surface area contributed by atoms with Crippen molar-refractivity contribution in [2.24, 2.45) is 5.73 Å². The van der Waals surface area contributed by atoms with Gasteiger partial charge in [0.25, 0.3) is 0 Å². The van der Waals surface area contributed by atoms with E-state index < -0.39 is 10.8 Å². The van der Waals surface area contributed by atoms with Crippen LogP contribution in [0.2, 0.25) is 0 Å². The second kappa shape index (κ2) is 5.46. The van der Waals surface area contributed by atoms with Gasteiger partial charge in [0, 0.05) is 34.8 Å². The van der Waals surface area contributed by atoms with Crippen LogP contribution in [0.3, 0.4) is 0 Å². The first-order valence-electron chi connectivity index (χ1n) is 5.58. The number of benzene rings is 1. The van der Waals surface area contributed by atoms with Crippen LogP contribution in [0.25, 0.3) is 0 Å². The Morgan fingerprint density at radius 3 is 3.06 bits per heavy atom. The largest absolute Gasteiger partial charge is 0.493 e. The Kier molecular flexibility index (Phi) is 3.96. The molecule has 0 aliphatic carbocycles. The van der Waals surface area contributed by atoms with E-state index in [1.807, 2.05) is 18.2 Å². The number of ether oxygens (including phenoxy) is 1. The summed E-state index contributed by atoms with van der Waals surface area (Å²) in [5, 5.41) is 0. The molecule has 16 heavy (non-hydrogen) atoms. The van der Waals surface area contributed by atoms with E-state index >= 15 is 0 Å². The predicted octanol–water partition coefficient (Wildman–Crippen LogP) is 1.26. The van der Waals surface area contributed by atoms with Crippen molar-refractivity contribution in [1.29, 1.82) is 0 Å². The first-order chi connectivity index (χ1) is 7.81. The number of para-hydroxylation sites is 1. The lowest BCUT2D eigenvalue weighted by molar-refractivity contribution is 0.273. The summed E-state index contributed by atoms with van der Waals surface area (Å²) in [6.45, 7) is 1.22. The minimum Gasteiger partial charge on any atom is -0.493 e. The molecule has 1 aliphatic rings. The summed E-state index contributed by atoms with van der Waals surface area (Å²) in [5.74, 6) is 2.61. The Hall–Kier alpha value is -0.870. The van der Waals surface area contributed by atoms with Gasteiger partial charge in [0.15, 0.2) is 0 Å². The molecule has 88 valence electrons. The standard InChI is InChI=1S/C12H17NO2S/c13-6-8-16(14)9-10-5-7-15-12-4-2-1-3-11(10)12/h1-4,10H,5-9,13H2. The van der Waals surface area contributed by atoms with Crippen LogP contribution < -0.4 is 10.5 Å². The zero-order valence-electron chi connectivity index (χ0n) is 9.22. The molecule has 0 bridgehead atoms. The Morgan fingerprint density at radius 1 is 1.44 bits per heavy atom. The van der Waals surface area contributed by atoms with Crippen molar-refractivity contribution >= 4 is 10.8 Å². The molecule has 0 aromatic heterocycles. The van der Waals surface area contributed by atoms with Crippen molar-refractivity contribution in [3.63, 3.8) is 0 Å². The fraction of sp³-hybridized carbons (Fsp3) is 0.500. The Labute approximate surface area is 98.4 Å². The van der Waals surface area contributed by atoms with Crippen LogP contribution in [0.4, 0.5) is 0 Å². The topological polar surface area (TPSA) is 52.3 Å². The fourth-order valence-corrected chi connectivity index (χ4v) is 3.25. The van der Waals surface area contributed by atoms with Crippen LogP contribution in [0.15, 0.2) is 24.3 Å². The number of fused-ring (bicyclic) bond motifs is 1. The third-order valence-electron chi connectivity index (χ3n) is 2.82. The summed E-state index contributed by atoms with van der Waals surface area (Å²) in [6, 6.07) is 8.02. The lowest BCUT2D eigenvalue weighted by atomic mass is 9.95. The van der Waals surface area contributed by atoms with Crippen LogP contribution in [0.1, 0.15) is 17.9 Å². The van der Waals surface area contributed by atoms with Crippen molar-refractivity contribution in [2.75, 3.05) is 24.7 Å². The van der Waals surface area contributed by atoms with Crippen molar-refractivity contribution in [3.05, 3.63) is 29.8 Å². The molecule has 1 aliphatic heterocycles. The van der Waals surface area contributed by atoms with Crippen molar-refractivity contribution in [3.8, 4) is 5.75 Å². The smallest absolute Gasteiger partial charge is 0.122 e. The van der Waals surface area contributed by atoms with Gasteiger partial charge in [0.05, 0.1) is 6.61 Å². The van der Waals surface area contributed by atoms with Gasteiger partial charge >= 0.3 is 0 Å². The second-order valence-electron chi connectivity index (χ2n) is 3.97. The van der Waals surface area contributed by atoms with Crippen molar-refractivity contribution < 1.29 is 8.95 Å². The summed E-state index contributed by atoms with van der Waals surface area (Å²) in [4.78, 5) is 0. The predicted molar refractivity (Wildman–Crippen MR) is 66.2 cm³/mol. The monoisotopic (exact) mass is 239 g/mol. The highest BCUT2D eigenvalue weighted by molar-refractivity contribution is 7.85. The van der Waals surface area contributed by atoms with Gasteiger partial charge in [-0.3, -0.25) is 4.21 Å². The molecule has 0 radical (unpaired) electrons. The van der Waals surface area contributed by atoms with Gasteiger partial charge in [0.2, 0.25) is 0 Å². The summed E-state index contributed by atoms with van der Waals surface area (Å²) in [7, 11) is -0.805. The average molecular weight is 239 g/mol. The molecule has 2 N–H and O–H groups in total. The fourth-order valence-electron chi connectivity index (χ4n) is 2.03. The lowest BCUT2D eigenvalue weighted by Crippen LogP contribution is -2.22. The first-order valence-corrected chi connectivity index (χ1v) is 7.07. The molecule has 2 atom stereocenters. The zero-order valence-corrected chi connectivity index (χ0v) is 10.0. The van der Waals surface area contributed by atoms with Crippen LogP contribution in [0.5, 0.6) is 5.75 Å². The Bertz CT molecular complexity index is 381. The minimum absolute atomic E-state index is 0.359. The van der Waals surface area contributed by atoms with E-state index in [9.17, 15) is 4.21 Å². The molecule has 0 spiro atoms. The van der Waals surface area contributed by atoms with Crippen LogP contribution in [-0.4, -0.2) is 28.9 Å². The maximum absolute atomic E-state index is 11.7. The molecule has 1 aromatic rings. The molecule has 4 heteroatoms. The molecule has 3 nitrogen and oxygen atoms in total. The zero-order chi connectivity index (χ0) is 11.4. The molecule has 0 amide bonds. The van der Waals surface area contributed by atoms with Gasteiger partial charge in [0.1, 0.15) is 5.75 Å². The summed E-state index contributed by atoms with van der Waals surface area (Å²) >= 11 is 0. The lowest BCUT2D eigenvalue weighted by Gasteiger charge is -2.25. The van der Waals surface area contributed by atoms with E-state index in [1.165, 1.54) is 5.56 Å². The highest BCUT2D eigenvalue weighted by Gasteiger charge is 2.22.